The van der Waals surface area contributed by atoms with E-state index in [2.05, 4.69) is 95.9 Å². The maximum atomic E-state index is 11.7. The first-order chi connectivity index (χ1) is 22.5. The van der Waals surface area contributed by atoms with E-state index in [0.29, 0.717) is 0 Å². The van der Waals surface area contributed by atoms with Crippen LogP contribution in [-0.4, -0.2) is 141 Å². The number of ether oxygens (including phenoxy) is 1. The highest BCUT2D eigenvalue weighted by atomic mass is 31.3. The number of quaternary nitrogens is 1. The molecule has 0 bridgehead atoms. The summed E-state index contributed by atoms with van der Waals surface area (Å²) in [7, 11) is -4.74. The van der Waals surface area contributed by atoms with Crippen LogP contribution in [0.4, 0.5) is 5.82 Å². The van der Waals surface area contributed by atoms with Crippen molar-refractivity contribution in [2.24, 2.45) is 0 Å². The Morgan fingerprint density at radius 3 is 1.73 bits per heavy atom. The van der Waals surface area contributed by atoms with Gasteiger partial charge in [-0.05, 0) is 60.0 Å². The van der Waals surface area contributed by atoms with Gasteiger partial charge in [0.25, 0.3) is 0 Å². The van der Waals surface area contributed by atoms with E-state index in [1.807, 2.05) is 0 Å². The Kier molecular flexibility index (Phi) is 23.0. The molecule has 0 amide bonds. The number of aliphatic hydroxyl groups is 2. The van der Waals surface area contributed by atoms with Gasteiger partial charge < -0.3 is 61.8 Å². The summed E-state index contributed by atoms with van der Waals surface area (Å²) in [6, 6.07) is 0. The lowest BCUT2D eigenvalue weighted by atomic mass is 10.1. The highest BCUT2D eigenvalue weighted by molar-refractivity contribution is 7.83. The van der Waals surface area contributed by atoms with Crippen molar-refractivity contribution < 1.29 is 47.6 Å². The fourth-order valence-corrected chi connectivity index (χ4v) is 6.32. The third-order valence-corrected chi connectivity index (χ3v) is 10.1. The number of nitrogens with two attached hydrogens (primary N) is 1. The van der Waals surface area contributed by atoms with Crippen LogP contribution in [0.3, 0.4) is 0 Å². The van der Waals surface area contributed by atoms with Crippen LogP contribution < -0.4 is 10.6 Å². The van der Waals surface area contributed by atoms with Gasteiger partial charge in [0.1, 0.15) is 30.2 Å². The first-order valence-electron chi connectivity index (χ1n) is 16.6. The lowest BCUT2D eigenvalue weighted by molar-refractivity contribution is -0.894. The normalized spacial score (nSPS) is 20.5. The van der Waals surface area contributed by atoms with Crippen LogP contribution in [0.1, 0.15) is 68.5 Å². The molecule has 0 aliphatic carbocycles. The minimum atomic E-state index is -5.16. The molecule has 1 saturated heterocycles. The Bertz CT molecular complexity index is 1190. The number of hydrogen-bond acceptors (Lipinski definition) is 13. The maximum Gasteiger partial charge on any atom is 0.474 e. The van der Waals surface area contributed by atoms with Crippen molar-refractivity contribution in [2.45, 2.75) is 86.9 Å². The van der Waals surface area contributed by atoms with Crippen LogP contribution in [0.15, 0.2) is 12.7 Å². The molecule has 1 aliphatic rings. The fraction of sp³-hybridized carbons (Fsp3) is 0.821. The van der Waals surface area contributed by atoms with Gasteiger partial charge in [0, 0.05) is 0 Å². The average Bonchev–Trinajstić information content (AvgIpc) is 3.59. The van der Waals surface area contributed by atoms with Crippen LogP contribution in [-0.2, 0) is 22.7 Å². The number of aliphatic hydroxyl groups excluding tert-OH is 2. The van der Waals surface area contributed by atoms with Gasteiger partial charge in [-0.3, -0.25) is 4.57 Å². The molecule has 1 aliphatic heterocycles. The van der Waals surface area contributed by atoms with Crippen molar-refractivity contribution in [2.75, 3.05) is 71.2 Å². The monoisotopic (exact) mass is 725 g/mol. The Labute approximate surface area is 287 Å². The van der Waals surface area contributed by atoms with Crippen molar-refractivity contribution in [3.05, 3.63) is 12.7 Å². The summed E-state index contributed by atoms with van der Waals surface area (Å²) in [5.41, 5.74) is 6.17. The molecule has 3 radical (unpaired) electrons. The molecule has 0 saturated carbocycles. The van der Waals surface area contributed by atoms with E-state index < -0.39 is 46.4 Å². The van der Waals surface area contributed by atoms with Gasteiger partial charge in [-0.15, -0.1) is 0 Å². The molecule has 0 aromatic carbocycles. The Morgan fingerprint density at radius 1 is 0.875 bits per heavy atom. The van der Waals surface area contributed by atoms with Gasteiger partial charge >= 0.3 is 7.82 Å². The minimum absolute atomic E-state index is 0.102. The van der Waals surface area contributed by atoms with Crippen LogP contribution in [0.2, 0.25) is 0 Å². The first-order valence-corrected chi connectivity index (χ1v) is 19.7. The lowest BCUT2D eigenvalue weighted by Gasteiger charge is -2.28. The summed E-state index contributed by atoms with van der Waals surface area (Å²) in [4.78, 5) is 35.5. The fourth-order valence-electron chi connectivity index (χ4n) is 4.59. The highest BCUT2D eigenvalue weighted by Crippen LogP contribution is 2.57. The van der Waals surface area contributed by atoms with Crippen LogP contribution in [0.25, 0.3) is 11.2 Å². The standard InChI is InChI=1S/C10H14BN5O9P2.3C6H15N/c11-26(19,25-27(20,21)22)23-1-4-6(17)7(18)10(24-4)16-3-15-5-8(12)13-2-14-9(5)16;3*1-4-7(5-2)6-3/h2-4,6-7,10,17-18H,1H2,(H2,12,13,14)(H2,20,21,22);3*4-6H2,1-3H3/q-1;;;/p+1/t4-,6-,7-,10-,26-;;;/m1.../s1. The number of anilines is 1. The summed E-state index contributed by atoms with van der Waals surface area (Å²) in [5.74, 6) is 0.102. The Hall–Kier alpha value is -1.53. The van der Waals surface area contributed by atoms with Gasteiger partial charge in [-0.25, -0.2) is 23.8 Å². The number of rotatable bonds is 15. The van der Waals surface area contributed by atoms with E-state index in [1.165, 1.54) is 76.1 Å². The lowest BCUT2D eigenvalue weighted by Crippen LogP contribution is -3.11. The molecule has 2 aromatic rings. The largest absolute Gasteiger partial charge is 0.474 e. The van der Waals surface area contributed by atoms with Gasteiger partial charge in [0.15, 0.2) is 17.7 Å². The van der Waals surface area contributed by atoms with Crippen molar-refractivity contribution in [1.29, 1.82) is 0 Å². The molecule has 279 valence electrons. The second-order valence-electron chi connectivity index (χ2n) is 10.6. The summed E-state index contributed by atoms with van der Waals surface area (Å²) >= 11 is 0. The predicted molar refractivity (Wildman–Crippen MR) is 188 cm³/mol. The van der Waals surface area contributed by atoms with E-state index >= 15 is 0 Å². The molecule has 3 heterocycles. The van der Waals surface area contributed by atoms with Crippen LogP contribution in [0, 0.1) is 0 Å². The molecular formula is C28H60BN8O9P2. The van der Waals surface area contributed by atoms with Crippen molar-refractivity contribution >= 4 is 39.8 Å². The van der Waals surface area contributed by atoms with Gasteiger partial charge in [-0.1, -0.05) is 41.5 Å². The van der Waals surface area contributed by atoms with Gasteiger partial charge in [0.05, 0.1) is 40.0 Å². The van der Waals surface area contributed by atoms with Gasteiger partial charge in [0.2, 0.25) is 0 Å². The summed E-state index contributed by atoms with van der Waals surface area (Å²) in [6.45, 7) is 30.0. The average molecular weight is 726 g/mol. The topological polar surface area (TPSA) is 223 Å². The molecule has 17 nitrogen and oxygen atoms in total. The molecule has 7 N–H and O–H groups in total. The number of nitrogen functional groups attached to an aromatic ring is 1. The van der Waals surface area contributed by atoms with Crippen molar-refractivity contribution in [3.8, 4) is 0 Å². The molecule has 0 spiro atoms. The summed E-state index contributed by atoms with van der Waals surface area (Å²) < 4.78 is 37.7. The molecule has 48 heavy (non-hydrogen) atoms. The van der Waals surface area contributed by atoms with E-state index in [1.54, 1.807) is 4.90 Å². The zero-order valence-corrected chi connectivity index (χ0v) is 31.9. The zero-order valence-electron chi connectivity index (χ0n) is 30.1. The van der Waals surface area contributed by atoms with Crippen molar-refractivity contribution in [1.82, 2.24) is 29.3 Å². The molecule has 20 heteroatoms. The number of nitrogens with one attached hydrogen (secondary N) is 1. The van der Waals surface area contributed by atoms with E-state index in [4.69, 9.17) is 27.8 Å². The van der Waals surface area contributed by atoms with E-state index in [9.17, 15) is 19.3 Å². The molecular weight excluding hydrogens is 665 g/mol. The number of fused-ring (bicyclic) bond motifs is 1. The molecule has 1 fully saturated rings. The Balaban J connectivity index is 0.000000855. The quantitative estimate of drug-likeness (QED) is 0.112. The summed E-state index contributed by atoms with van der Waals surface area (Å²) in [6.07, 6.45) is -2.94. The van der Waals surface area contributed by atoms with E-state index in [-0.39, 0.29) is 17.0 Å². The SMILES string of the molecule is CCN(CC)CC.CCN(CC)CC.CC[NH+](CC)CC.[B-][P@@](=O)(OC[C@H]1O[C@@H](n2cnc3c(N)ncnc32)[C@H](O)[C@@H]1O)OP(=O)(O)O. The Morgan fingerprint density at radius 2 is 1.35 bits per heavy atom. The number of nitrogens with zero attached hydrogens (tertiary/aromatic N) is 6. The van der Waals surface area contributed by atoms with E-state index in [0.717, 1.165) is 0 Å². The van der Waals surface area contributed by atoms with Crippen molar-refractivity contribution in [3.63, 3.8) is 0 Å². The van der Waals surface area contributed by atoms with Crippen LogP contribution >= 0.6 is 15.3 Å². The maximum absolute atomic E-state index is 11.7. The predicted octanol–water partition coefficient (Wildman–Crippen LogP) is 1.06. The minimum Gasteiger partial charge on any atom is -0.443 e. The number of hydrogen-bond donors (Lipinski definition) is 6. The third kappa shape index (κ3) is 16.5. The molecule has 0 unspecified atom stereocenters. The molecule has 5 atom stereocenters. The molecule has 2 aromatic heterocycles. The molecule has 3 rings (SSSR count). The second kappa shape index (κ2) is 23.8. The first kappa shape index (κ1) is 46.5. The second-order valence-corrected chi connectivity index (χ2v) is 13.6. The highest BCUT2D eigenvalue weighted by Gasteiger charge is 2.44. The van der Waals surface area contributed by atoms with Gasteiger partial charge in [-0.2, -0.15) is 0 Å². The zero-order chi connectivity index (χ0) is 37.1. The number of aromatic nitrogens is 4. The number of phosphoric acid groups is 1. The summed E-state index contributed by atoms with van der Waals surface area (Å²) in [5, 5.41) is 20.3. The smallest absolute Gasteiger partial charge is 0.443 e. The number of imidazole rings is 1. The third-order valence-electron chi connectivity index (χ3n) is 7.82. The van der Waals surface area contributed by atoms with Crippen LogP contribution in [0.5, 0.6) is 0 Å².